The number of likely N-dealkylation sites (tertiary alicyclic amines) is 1. The van der Waals surface area contributed by atoms with E-state index in [4.69, 9.17) is 4.74 Å². The number of piperazine rings is 1. The summed E-state index contributed by atoms with van der Waals surface area (Å²) in [6.45, 7) is 5.65. The number of carbonyl (C=O) groups is 3. The molecule has 55 heavy (non-hydrogen) atoms. The zero-order valence-corrected chi connectivity index (χ0v) is 31.4. The Morgan fingerprint density at radius 3 is 2.24 bits per heavy atom. The van der Waals surface area contributed by atoms with E-state index in [-0.39, 0.29) is 54.4 Å². The first-order valence-corrected chi connectivity index (χ1v) is 19.6. The zero-order valence-electron chi connectivity index (χ0n) is 31.4. The van der Waals surface area contributed by atoms with Gasteiger partial charge in [0.2, 0.25) is 17.7 Å². The number of hydrogen-bond donors (Lipinski definition) is 3. The molecule has 4 fully saturated rings. The third-order valence-corrected chi connectivity index (χ3v) is 11.6. The first-order chi connectivity index (χ1) is 26.6. The van der Waals surface area contributed by atoms with Crippen LogP contribution in [0, 0.1) is 5.92 Å². The van der Waals surface area contributed by atoms with E-state index in [1.807, 2.05) is 42.5 Å². The van der Waals surface area contributed by atoms with Crippen LogP contribution in [0.3, 0.4) is 0 Å². The first kappa shape index (κ1) is 38.6. The smallest absolute Gasteiger partial charge is 0.281 e. The lowest BCUT2D eigenvalue weighted by Crippen LogP contribution is -2.60. The summed E-state index contributed by atoms with van der Waals surface area (Å²) in [6, 6.07) is 23.9. The normalized spacial score (nSPS) is 24.3. The van der Waals surface area contributed by atoms with Crippen LogP contribution in [-0.2, 0) is 14.4 Å². The number of imide groups is 1. The highest BCUT2D eigenvalue weighted by Gasteiger charge is 2.49. The van der Waals surface area contributed by atoms with Gasteiger partial charge >= 0.3 is 0 Å². The molecule has 3 aromatic carbocycles. The Hall–Kier alpha value is -4.65. The molecule has 4 aliphatic rings. The topological polar surface area (TPSA) is 114 Å². The van der Waals surface area contributed by atoms with Gasteiger partial charge in [-0.2, -0.15) is 0 Å². The van der Waals surface area contributed by atoms with Gasteiger partial charge in [-0.3, -0.25) is 29.9 Å². The largest absolute Gasteiger partial charge is 0.508 e. The van der Waals surface area contributed by atoms with E-state index in [0.717, 1.165) is 73.3 Å². The van der Waals surface area contributed by atoms with Crippen LogP contribution in [0.25, 0.3) is 11.1 Å². The predicted molar refractivity (Wildman–Crippen MR) is 206 cm³/mol. The molecule has 12 heteroatoms. The SMILES string of the molecule is CC/C(=C(\c1ccc(O)cc1)c1ccc(OCC(F)(F)CCCN2CCN(C3CCC4C(=O)N(C5CCC(=O)NC5=O)CC4N3)CC2)cc1)c1ccccc1. The van der Waals surface area contributed by atoms with E-state index in [9.17, 15) is 19.5 Å². The van der Waals surface area contributed by atoms with Gasteiger partial charge in [0.1, 0.15) is 17.5 Å². The Bertz CT molecular complexity index is 1850. The molecule has 292 valence electrons. The number of phenolic OH excluding ortho intramolecular Hbond substituents is 1. The number of fused-ring (bicyclic) bond motifs is 1. The predicted octanol–water partition coefficient (Wildman–Crippen LogP) is 5.51. The molecule has 10 nitrogen and oxygen atoms in total. The van der Waals surface area contributed by atoms with Crippen molar-refractivity contribution in [1.82, 2.24) is 25.3 Å². The fraction of sp³-hybridized carbons (Fsp3) is 0.465. The zero-order chi connectivity index (χ0) is 38.5. The summed E-state index contributed by atoms with van der Waals surface area (Å²) in [5.41, 5.74) is 5.13. The summed E-state index contributed by atoms with van der Waals surface area (Å²) in [6.07, 6.45) is 3.19. The van der Waals surface area contributed by atoms with Crippen LogP contribution >= 0.6 is 0 Å². The molecule has 0 saturated carbocycles. The average Bonchev–Trinajstić information content (AvgIpc) is 3.52. The number of carbonyl (C=O) groups excluding carboxylic acids is 3. The van der Waals surface area contributed by atoms with Crippen molar-refractivity contribution in [2.45, 2.75) is 76.0 Å². The van der Waals surface area contributed by atoms with Crippen molar-refractivity contribution in [3.63, 3.8) is 0 Å². The lowest BCUT2D eigenvalue weighted by molar-refractivity contribution is -0.144. The molecular weight excluding hydrogens is 704 g/mol. The minimum Gasteiger partial charge on any atom is -0.508 e. The van der Waals surface area contributed by atoms with Crippen LogP contribution < -0.4 is 15.4 Å². The molecule has 0 radical (unpaired) electrons. The summed E-state index contributed by atoms with van der Waals surface area (Å²) in [4.78, 5) is 43.5. The number of phenols is 1. The van der Waals surface area contributed by atoms with Crippen molar-refractivity contribution in [3.8, 4) is 11.5 Å². The third kappa shape index (κ3) is 9.09. The van der Waals surface area contributed by atoms with Crippen molar-refractivity contribution < 1.29 is 33.0 Å². The minimum atomic E-state index is -2.97. The summed E-state index contributed by atoms with van der Waals surface area (Å²) >= 11 is 0. The Kier molecular flexibility index (Phi) is 11.9. The highest BCUT2D eigenvalue weighted by atomic mass is 19.3. The lowest BCUT2D eigenvalue weighted by Gasteiger charge is -2.43. The standard InChI is InChI=1S/C43H51F2N5O5/c1-2-34(29-7-4-3-5-8-29)40(30-9-13-32(51)14-10-30)31-11-15-33(16-12-31)55-28-43(44,45)21-6-22-48-23-25-49(26-24-48)38-19-17-35-36(46-38)27-50(42(35)54)37-18-20-39(52)47-41(37)53/h3-5,7-16,35-38,46,51H,2,6,17-28H2,1H3,(H,47,52,53)/b40-34-. The second-order valence-electron chi connectivity index (χ2n) is 15.2. The van der Waals surface area contributed by atoms with Crippen LogP contribution in [0.15, 0.2) is 78.9 Å². The van der Waals surface area contributed by atoms with Crippen molar-refractivity contribution in [3.05, 3.63) is 95.6 Å². The molecule has 3 aromatic rings. The van der Waals surface area contributed by atoms with Gasteiger partial charge in [-0.05, 0) is 90.8 Å². The second kappa shape index (κ2) is 17.0. The highest BCUT2D eigenvalue weighted by Crippen LogP contribution is 2.36. The number of halogens is 2. The van der Waals surface area contributed by atoms with Gasteiger partial charge in [-0.25, -0.2) is 8.78 Å². The molecule has 0 aromatic heterocycles. The number of hydrogen-bond acceptors (Lipinski definition) is 8. The molecule has 0 spiro atoms. The molecule has 4 unspecified atom stereocenters. The van der Waals surface area contributed by atoms with Crippen LogP contribution in [0.4, 0.5) is 8.78 Å². The molecule has 7 rings (SSSR count). The summed E-state index contributed by atoms with van der Waals surface area (Å²) in [5, 5.41) is 15.9. The van der Waals surface area contributed by atoms with Gasteiger partial charge in [-0.15, -0.1) is 0 Å². The molecule has 4 atom stereocenters. The molecule has 4 aliphatic heterocycles. The number of rotatable bonds is 13. The lowest BCUT2D eigenvalue weighted by atomic mass is 9.88. The van der Waals surface area contributed by atoms with Gasteiger partial charge in [0.25, 0.3) is 5.92 Å². The molecule has 3 N–H and O–H groups in total. The number of nitrogens with zero attached hydrogens (tertiary/aromatic N) is 3. The fourth-order valence-electron chi connectivity index (χ4n) is 8.67. The van der Waals surface area contributed by atoms with Gasteiger partial charge in [0.05, 0.1) is 12.1 Å². The van der Waals surface area contributed by atoms with Crippen LogP contribution in [0.2, 0.25) is 0 Å². The minimum absolute atomic E-state index is 0.00611. The summed E-state index contributed by atoms with van der Waals surface area (Å²) < 4.78 is 35.7. The van der Waals surface area contributed by atoms with Gasteiger partial charge in [0.15, 0.2) is 6.61 Å². The number of benzene rings is 3. The van der Waals surface area contributed by atoms with Crippen LogP contribution in [-0.4, -0.2) is 108 Å². The number of allylic oxidation sites excluding steroid dienone is 1. The van der Waals surface area contributed by atoms with Crippen molar-refractivity contribution in [2.75, 3.05) is 45.9 Å². The maximum atomic E-state index is 15.0. The number of alkyl halides is 2. The van der Waals surface area contributed by atoms with E-state index >= 15 is 8.78 Å². The molecule has 0 aliphatic carbocycles. The average molecular weight is 756 g/mol. The van der Waals surface area contributed by atoms with Gasteiger partial charge in [-0.1, -0.05) is 61.5 Å². The quantitative estimate of drug-likeness (QED) is 0.155. The molecule has 3 amide bonds. The van der Waals surface area contributed by atoms with E-state index in [1.165, 1.54) is 0 Å². The van der Waals surface area contributed by atoms with Crippen molar-refractivity contribution in [1.29, 1.82) is 0 Å². The number of ether oxygens (including phenoxy) is 1. The number of amides is 3. The summed E-state index contributed by atoms with van der Waals surface area (Å²) in [5.74, 6) is -3.23. The number of nitrogens with one attached hydrogen (secondary N) is 2. The maximum absolute atomic E-state index is 15.0. The van der Waals surface area contributed by atoms with Crippen LogP contribution in [0.5, 0.6) is 11.5 Å². The summed E-state index contributed by atoms with van der Waals surface area (Å²) in [7, 11) is 0. The first-order valence-electron chi connectivity index (χ1n) is 19.6. The second-order valence-corrected chi connectivity index (χ2v) is 15.2. The van der Waals surface area contributed by atoms with E-state index < -0.39 is 18.6 Å². The van der Waals surface area contributed by atoms with Crippen LogP contribution in [0.1, 0.15) is 68.6 Å². The van der Waals surface area contributed by atoms with Gasteiger partial charge < -0.3 is 19.6 Å². The van der Waals surface area contributed by atoms with Crippen molar-refractivity contribution >= 4 is 28.9 Å². The number of aromatic hydroxyl groups is 1. The third-order valence-electron chi connectivity index (χ3n) is 11.6. The highest BCUT2D eigenvalue weighted by molar-refractivity contribution is 6.02. The van der Waals surface area contributed by atoms with Crippen molar-refractivity contribution in [2.24, 2.45) is 5.92 Å². The molecule has 0 bridgehead atoms. The number of piperidine rings is 2. The van der Waals surface area contributed by atoms with E-state index in [2.05, 4.69) is 39.5 Å². The Morgan fingerprint density at radius 2 is 1.56 bits per heavy atom. The monoisotopic (exact) mass is 755 g/mol. The van der Waals surface area contributed by atoms with E-state index in [1.54, 1.807) is 29.2 Å². The molecular formula is C43H51F2N5O5. The Balaban J connectivity index is 0.863. The molecule has 4 heterocycles. The van der Waals surface area contributed by atoms with Gasteiger partial charge in [0, 0.05) is 51.6 Å². The Morgan fingerprint density at radius 1 is 0.873 bits per heavy atom. The maximum Gasteiger partial charge on any atom is 0.281 e. The Labute approximate surface area is 321 Å². The fourth-order valence-corrected chi connectivity index (χ4v) is 8.67. The molecule has 4 saturated heterocycles. The van der Waals surface area contributed by atoms with E-state index in [0.29, 0.717) is 31.7 Å².